The van der Waals surface area contributed by atoms with Gasteiger partial charge in [0, 0.05) is 5.02 Å². The van der Waals surface area contributed by atoms with Crippen LogP contribution in [0.3, 0.4) is 0 Å². The predicted molar refractivity (Wildman–Crippen MR) is 84.0 cm³/mol. The van der Waals surface area contributed by atoms with E-state index in [1.54, 1.807) is 19.1 Å². The van der Waals surface area contributed by atoms with Crippen LogP contribution in [-0.4, -0.2) is 25.7 Å². The normalized spacial score (nSPS) is 26.8. The van der Waals surface area contributed by atoms with Crippen molar-refractivity contribution in [3.8, 4) is 0 Å². The van der Waals surface area contributed by atoms with Gasteiger partial charge in [-0.15, -0.1) is 0 Å². The van der Waals surface area contributed by atoms with E-state index in [1.807, 2.05) is 0 Å². The zero-order valence-corrected chi connectivity index (χ0v) is 14.0. The van der Waals surface area contributed by atoms with E-state index in [4.69, 9.17) is 11.6 Å². The molecular formula is C15H22ClNO3S. The van der Waals surface area contributed by atoms with E-state index in [2.05, 4.69) is 11.6 Å². The molecule has 0 spiro atoms. The first-order chi connectivity index (χ1) is 9.78. The standard InChI is InChI=1S/C15H22ClNO3S/c1-11-4-3-7-15(9-11,10-18)17-21(19,20)14-6-5-13(16)8-12(14)2/h5-6,8,11,17-18H,3-4,7,9-10H2,1-2H3. The maximum Gasteiger partial charge on any atom is 0.241 e. The second-order valence-corrected chi connectivity index (χ2v) is 8.24. The Labute approximate surface area is 131 Å². The summed E-state index contributed by atoms with van der Waals surface area (Å²) in [6.45, 7) is 3.63. The van der Waals surface area contributed by atoms with Gasteiger partial charge in [0.15, 0.2) is 0 Å². The Morgan fingerprint density at radius 2 is 2.19 bits per heavy atom. The maximum absolute atomic E-state index is 12.6. The monoisotopic (exact) mass is 331 g/mol. The van der Waals surface area contributed by atoms with Crippen molar-refractivity contribution >= 4 is 21.6 Å². The third-order valence-corrected chi connectivity index (χ3v) is 6.15. The summed E-state index contributed by atoms with van der Waals surface area (Å²) in [5.41, 5.74) is -0.144. The van der Waals surface area contributed by atoms with Gasteiger partial charge in [-0.1, -0.05) is 31.4 Å². The number of nitrogens with one attached hydrogen (secondary N) is 1. The van der Waals surface area contributed by atoms with Crippen molar-refractivity contribution in [1.82, 2.24) is 4.72 Å². The second kappa shape index (κ2) is 6.24. The van der Waals surface area contributed by atoms with E-state index in [0.29, 0.717) is 29.3 Å². The molecule has 0 saturated heterocycles. The lowest BCUT2D eigenvalue weighted by Gasteiger charge is -2.39. The van der Waals surface area contributed by atoms with Crippen LogP contribution in [0.4, 0.5) is 0 Å². The van der Waals surface area contributed by atoms with Crippen LogP contribution in [0.25, 0.3) is 0 Å². The third-order valence-electron chi connectivity index (χ3n) is 4.17. The molecule has 118 valence electrons. The number of aryl methyl sites for hydroxylation is 1. The smallest absolute Gasteiger partial charge is 0.241 e. The van der Waals surface area contributed by atoms with E-state index in [1.165, 1.54) is 6.07 Å². The van der Waals surface area contributed by atoms with Crippen molar-refractivity contribution in [2.45, 2.75) is 50.0 Å². The minimum Gasteiger partial charge on any atom is -0.394 e. The Hall–Kier alpha value is -0.620. The van der Waals surface area contributed by atoms with E-state index in [9.17, 15) is 13.5 Å². The third kappa shape index (κ3) is 3.77. The van der Waals surface area contributed by atoms with Gasteiger partial charge in [0.25, 0.3) is 0 Å². The summed E-state index contributed by atoms with van der Waals surface area (Å²) in [6, 6.07) is 4.71. The number of hydrogen-bond donors (Lipinski definition) is 2. The first-order valence-corrected chi connectivity index (χ1v) is 9.05. The summed E-state index contributed by atoms with van der Waals surface area (Å²) in [6.07, 6.45) is 3.32. The fraction of sp³-hybridized carbons (Fsp3) is 0.600. The summed E-state index contributed by atoms with van der Waals surface area (Å²) < 4.78 is 28.0. The zero-order chi connectivity index (χ0) is 15.7. The fourth-order valence-electron chi connectivity index (χ4n) is 3.18. The van der Waals surface area contributed by atoms with Gasteiger partial charge in [-0.2, -0.15) is 0 Å². The molecule has 2 rings (SSSR count). The molecule has 0 heterocycles. The van der Waals surface area contributed by atoms with Crippen molar-refractivity contribution in [3.05, 3.63) is 28.8 Å². The number of hydrogen-bond acceptors (Lipinski definition) is 3. The molecule has 21 heavy (non-hydrogen) atoms. The highest BCUT2D eigenvalue weighted by molar-refractivity contribution is 7.89. The molecule has 1 aromatic rings. The quantitative estimate of drug-likeness (QED) is 0.891. The van der Waals surface area contributed by atoms with Gasteiger partial charge >= 0.3 is 0 Å². The molecular weight excluding hydrogens is 310 g/mol. The fourth-order valence-corrected chi connectivity index (χ4v) is 5.07. The van der Waals surface area contributed by atoms with Crippen molar-refractivity contribution < 1.29 is 13.5 Å². The first kappa shape index (κ1) is 16.7. The topological polar surface area (TPSA) is 66.4 Å². The largest absolute Gasteiger partial charge is 0.394 e. The predicted octanol–water partition coefficient (Wildman–Crippen LogP) is 2.87. The van der Waals surface area contributed by atoms with Crippen molar-refractivity contribution in [2.75, 3.05) is 6.61 Å². The van der Waals surface area contributed by atoms with Gasteiger partial charge in [-0.25, -0.2) is 13.1 Å². The Morgan fingerprint density at radius 1 is 1.48 bits per heavy atom. The average Bonchev–Trinajstić information content (AvgIpc) is 2.37. The maximum atomic E-state index is 12.6. The number of aliphatic hydroxyl groups excluding tert-OH is 1. The summed E-state index contributed by atoms with van der Waals surface area (Å²) in [5, 5.41) is 10.2. The van der Waals surface area contributed by atoms with Crippen LogP contribution >= 0.6 is 11.6 Å². The SMILES string of the molecule is Cc1cc(Cl)ccc1S(=O)(=O)NC1(CO)CCCC(C)C1. The summed E-state index contributed by atoms with van der Waals surface area (Å²) in [4.78, 5) is 0.220. The molecule has 2 unspecified atom stereocenters. The van der Waals surface area contributed by atoms with Crippen molar-refractivity contribution in [1.29, 1.82) is 0 Å². The van der Waals surface area contributed by atoms with Crippen LogP contribution in [0.15, 0.2) is 23.1 Å². The molecule has 0 amide bonds. The Morgan fingerprint density at radius 3 is 2.76 bits per heavy atom. The van der Waals surface area contributed by atoms with Gasteiger partial charge in [0.2, 0.25) is 10.0 Å². The number of rotatable bonds is 4. The number of sulfonamides is 1. The van der Waals surface area contributed by atoms with E-state index < -0.39 is 15.6 Å². The Bertz CT molecular complexity index is 617. The summed E-state index contributed by atoms with van der Waals surface area (Å²) >= 11 is 5.88. The van der Waals surface area contributed by atoms with Crippen molar-refractivity contribution in [3.63, 3.8) is 0 Å². The lowest BCUT2D eigenvalue weighted by molar-refractivity contribution is 0.119. The van der Waals surface area contributed by atoms with Crippen LogP contribution < -0.4 is 4.72 Å². The van der Waals surface area contributed by atoms with E-state index >= 15 is 0 Å². The van der Waals surface area contributed by atoms with Crippen LogP contribution in [0.5, 0.6) is 0 Å². The highest BCUT2D eigenvalue weighted by Gasteiger charge is 2.38. The minimum absolute atomic E-state index is 0.177. The molecule has 4 nitrogen and oxygen atoms in total. The molecule has 1 aromatic carbocycles. The van der Waals surface area contributed by atoms with Crippen LogP contribution in [-0.2, 0) is 10.0 Å². The molecule has 1 aliphatic rings. The van der Waals surface area contributed by atoms with Gasteiger partial charge in [-0.3, -0.25) is 0 Å². The highest BCUT2D eigenvalue weighted by atomic mass is 35.5. The second-order valence-electron chi connectivity index (χ2n) is 6.16. The average molecular weight is 332 g/mol. The lowest BCUT2D eigenvalue weighted by atomic mass is 9.78. The Balaban J connectivity index is 2.31. The number of halogens is 1. The van der Waals surface area contributed by atoms with E-state index in [0.717, 1.165) is 12.8 Å². The van der Waals surface area contributed by atoms with Gasteiger partial charge < -0.3 is 5.11 Å². The molecule has 2 N–H and O–H groups in total. The molecule has 2 atom stereocenters. The lowest BCUT2D eigenvalue weighted by Crippen LogP contribution is -2.53. The first-order valence-electron chi connectivity index (χ1n) is 7.19. The molecule has 0 radical (unpaired) electrons. The summed E-state index contributed by atoms with van der Waals surface area (Å²) in [5.74, 6) is 0.403. The molecule has 0 bridgehead atoms. The highest BCUT2D eigenvalue weighted by Crippen LogP contribution is 2.33. The molecule has 0 aromatic heterocycles. The molecule has 1 fully saturated rings. The molecule has 1 aliphatic carbocycles. The zero-order valence-electron chi connectivity index (χ0n) is 12.4. The molecule has 6 heteroatoms. The number of benzene rings is 1. The van der Waals surface area contributed by atoms with Crippen LogP contribution in [0.1, 0.15) is 38.2 Å². The van der Waals surface area contributed by atoms with Gasteiger partial charge in [-0.05, 0) is 49.4 Å². The van der Waals surface area contributed by atoms with Gasteiger partial charge in [0.1, 0.15) is 0 Å². The van der Waals surface area contributed by atoms with Gasteiger partial charge in [0.05, 0.1) is 17.0 Å². The van der Waals surface area contributed by atoms with Crippen molar-refractivity contribution in [2.24, 2.45) is 5.92 Å². The molecule has 0 aliphatic heterocycles. The van der Waals surface area contributed by atoms with Crippen LogP contribution in [0, 0.1) is 12.8 Å². The Kier molecular flexibility index (Phi) is 4.98. The molecule has 1 saturated carbocycles. The number of aliphatic hydroxyl groups is 1. The van der Waals surface area contributed by atoms with Crippen LogP contribution in [0.2, 0.25) is 5.02 Å². The minimum atomic E-state index is -3.67. The van der Waals surface area contributed by atoms with E-state index in [-0.39, 0.29) is 11.5 Å². The summed E-state index contributed by atoms with van der Waals surface area (Å²) in [7, 11) is -3.67.